The standard InChI is InChI=1S/C8H19NO3/c1-9(5-6-10-2)7-8(11-3)12-4/h8H,5-7H2,1-4H3. The number of ether oxygens (including phenoxy) is 3. The van der Waals surface area contributed by atoms with E-state index < -0.39 is 0 Å². The third kappa shape index (κ3) is 5.49. The van der Waals surface area contributed by atoms with Gasteiger partial charge in [-0.15, -0.1) is 0 Å². The molecule has 0 unspecified atom stereocenters. The molecular weight excluding hydrogens is 158 g/mol. The van der Waals surface area contributed by atoms with Crippen LogP contribution in [0.15, 0.2) is 0 Å². The summed E-state index contributed by atoms with van der Waals surface area (Å²) in [5.74, 6) is 0. The topological polar surface area (TPSA) is 30.9 Å². The first-order chi connectivity index (χ1) is 5.74. The van der Waals surface area contributed by atoms with Crippen molar-refractivity contribution in [2.45, 2.75) is 6.29 Å². The highest BCUT2D eigenvalue weighted by atomic mass is 16.7. The van der Waals surface area contributed by atoms with Gasteiger partial charge in [0.1, 0.15) is 0 Å². The molecule has 4 nitrogen and oxygen atoms in total. The van der Waals surface area contributed by atoms with Crippen LogP contribution < -0.4 is 0 Å². The Balaban J connectivity index is 3.44. The zero-order valence-corrected chi connectivity index (χ0v) is 8.37. The highest BCUT2D eigenvalue weighted by Gasteiger charge is 2.07. The van der Waals surface area contributed by atoms with Gasteiger partial charge in [0, 0.05) is 34.4 Å². The van der Waals surface area contributed by atoms with Crippen LogP contribution in [-0.2, 0) is 14.2 Å². The number of hydrogen-bond donors (Lipinski definition) is 0. The zero-order chi connectivity index (χ0) is 9.40. The quantitative estimate of drug-likeness (QED) is 0.519. The van der Waals surface area contributed by atoms with Gasteiger partial charge in [-0.3, -0.25) is 4.90 Å². The highest BCUT2D eigenvalue weighted by Crippen LogP contribution is 1.93. The van der Waals surface area contributed by atoms with Crippen molar-refractivity contribution in [3.05, 3.63) is 0 Å². The number of rotatable bonds is 7. The molecule has 0 aromatic carbocycles. The number of methoxy groups -OCH3 is 3. The van der Waals surface area contributed by atoms with E-state index in [1.54, 1.807) is 21.3 Å². The van der Waals surface area contributed by atoms with E-state index in [2.05, 4.69) is 4.90 Å². The van der Waals surface area contributed by atoms with Gasteiger partial charge >= 0.3 is 0 Å². The van der Waals surface area contributed by atoms with Crippen LogP contribution in [0, 0.1) is 0 Å². The predicted molar refractivity (Wildman–Crippen MR) is 47.2 cm³/mol. The van der Waals surface area contributed by atoms with Crippen LogP contribution in [0.25, 0.3) is 0 Å². The SMILES string of the molecule is COCCN(C)CC(OC)OC. The van der Waals surface area contributed by atoms with Gasteiger partial charge in [0.25, 0.3) is 0 Å². The van der Waals surface area contributed by atoms with Crippen LogP contribution in [-0.4, -0.2) is 59.3 Å². The van der Waals surface area contributed by atoms with Gasteiger partial charge in [-0.25, -0.2) is 0 Å². The normalized spacial score (nSPS) is 11.5. The van der Waals surface area contributed by atoms with E-state index in [4.69, 9.17) is 14.2 Å². The first-order valence-corrected chi connectivity index (χ1v) is 3.97. The highest BCUT2D eigenvalue weighted by molar-refractivity contribution is 4.53. The van der Waals surface area contributed by atoms with Crippen LogP contribution in [0.2, 0.25) is 0 Å². The first-order valence-electron chi connectivity index (χ1n) is 3.97. The Bertz CT molecular complexity index is 96.3. The summed E-state index contributed by atoms with van der Waals surface area (Å²) in [5.41, 5.74) is 0. The van der Waals surface area contributed by atoms with Gasteiger partial charge < -0.3 is 14.2 Å². The molecule has 0 amide bonds. The largest absolute Gasteiger partial charge is 0.383 e. The number of likely N-dealkylation sites (N-methyl/N-ethyl adjacent to an activating group) is 1. The van der Waals surface area contributed by atoms with Crippen LogP contribution in [0.3, 0.4) is 0 Å². The Morgan fingerprint density at radius 3 is 2.17 bits per heavy atom. The van der Waals surface area contributed by atoms with Crippen molar-refractivity contribution >= 4 is 0 Å². The van der Waals surface area contributed by atoms with E-state index in [-0.39, 0.29) is 6.29 Å². The molecule has 0 aliphatic heterocycles. The minimum Gasteiger partial charge on any atom is -0.383 e. The molecule has 0 fully saturated rings. The van der Waals surface area contributed by atoms with Crippen LogP contribution in [0.4, 0.5) is 0 Å². The second-order valence-corrected chi connectivity index (χ2v) is 2.66. The lowest BCUT2D eigenvalue weighted by atomic mass is 10.5. The maximum Gasteiger partial charge on any atom is 0.169 e. The third-order valence-electron chi connectivity index (χ3n) is 1.66. The number of hydrogen-bond acceptors (Lipinski definition) is 4. The van der Waals surface area contributed by atoms with Crippen molar-refractivity contribution in [3.8, 4) is 0 Å². The van der Waals surface area contributed by atoms with E-state index in [0.717, 1.165) is 19.7 Å². The second-order valence-electron chi connectivity index (χ2n) is 2.66. The molecule has 0 heterocycles. The maximum atomic E-state index is 5.05. The molecule has 0 saturated heterocycles. The van der Waals surface area contributed by atoms with E-state index in [9.17, 15) is 0 Å². The molecule has 0 N–H and O–H groups in total. The van der Waals surface area contributed by atoms with Crippen molar-refractivity contribution in [3.63, 3.8) is 0 Å². The maximum absolute atomic E-state index is 5.05. The van der Waals surface area contributed by atoms with Crippen LogP contribution in [0.1, 0.15) is 0 Å². The Labute approximate surface area is 74.4 Å². The molecular formula is C8H19NO3. The summed E-state index contributed by atoms with van der Waals surface area (Å²) >= 11 is 0. The minimum absolute atomic E-state index is 0.146. The Hall–Kier alpha value is -0.160. The summed E-state index contributed by atoms with van der Waals surface area (Å²) in [4.78, 5) is 2.10. The smallest absolute Gasteiger partial charge is 0.169 e. The summed E-state index contributed by atoms with van der Waals surface area (Å²) in [5, 5.41) is 0. The van der Waals surface area contributed by atoms with Crippen molar-refractivity contribution in [2.24, 2.45) is 0 Å². The fourth-order valence-corrected chi connectivity index (χ4v) is 0.838. The molecule has 0 saturated carbocycles. The van der Waals surface area contributed by atoms with Gasteiger partial charge in [0.15, 0.2) is 6.29 Å². The summed E-state index contributed by atoms with van der Waals surface area (Å²) in [6.07, 6.45) is -0.146. The molecule has 74 valence electrons. The molecule has 0 bridgehead atoms. The molecule has 0 spiro atoms. The van der Waals surface area contributed by atoms with E-state index in [1.807, 2.05) is 7.05 Å². The lowest BCUT2D eigenvalue weighted by Crippen LogP contribution is -2.33. The fraction of sp³-hybridized carbons (Fsp3) is 1.00. The second kappa shape index (κ2) is 7.49. The molecule has 0 aromatic heterocycles. The van der Waals surface area contributed by atoms with Gasteiger partial charge in [-0.1, -0.05) is 0 Å². The Morgan fingerprint density at radius 2 is 1.75 bits per heavy atom. The molecule has 0 atom stereocenters. The first kappa shape index (κ1) is 11.8. The molecule has 0 radical (unpaired) electrons. The van der Waals surface area contributed by atoms with E-state index in [0.29, 0.717) is 0 Å². The monoisotopic (exact) mass is 177 g/mol. The van der Waals surface area contributed by atoms with E-state index >= 15 is 0 Å². The average molecular weight is 177 g/mol. The van der Waals surface area contributed by atoms with Crippen molar-refractivity contribution in [1.82, 2.24) is 4.90 Å². The summed E-state index contributed by atoms with van der Waals surface area (Å²) in [6.45, 7) is 2.38. The number of nitrogens with zero attached hydrogens (tertiary/aromatic N) is 1. The van der Waals surface area contributed by atoms with Crippen LogP contribution >= 0.6 is 0 Å². The van der Waals surface area contributed by atoms with E-state index in [1.165, 1.54) is 0 Å². The summed E-state index contributed by atoms with van der Waals surface area (Å²) in [6, 6.07) is 0. The minimum atomic E-state index is -0.146. The molecule has 0 aromatic rings. The lowest BCUT2D eigenvalue weighted by Gasteiger charge is -2.21. The van der Waals surface area contributed by atoms with Gasteiger partial charge in [0.2, 0.25) is 0 Å². The van der Waals surface area contributed by atoms with Crippen molar-refractivity contribution in [2.75, 3.05) is 48.1 Å². The predicted octanol–water partition coefficient (Wildman–Crippen LogP) is 0.183. The van der Waals surface area contributed by atoms with Gasteiger partial charge in [-0.05, 0) is 7.05 Å². The van der Waals surface area contributed by atoms with Gasteiger partial charge in [-0.2, -0.15) is 0 Å². The van der Waals surface area contributed by atoms with Crippen molar-refractivity contribution < 1.29 is 14.2 Å². The molecule has 12 heavy (non-hydrogen) atoms. The lowest BCUT2D eigenvalue weighted by molar-refractivity contribution is -0.114. The molecule has 0 rings (SSSR count). The Kier molecular flexibility index (Phi) is 7.39. The third-order valence-corrected chi connectivity index (χ3v) is 1.66. The Morgan fingerprint density at radius 1 is 1.17 bits per heavy atom. The summed E-state index contributed by atoms with van der Waals surface area (Å²) in [7, 11) is 6.97. The average Bonchev–Trinajstić information content (AvgIpc) is 2.10. The zero-order valence-electron chi connectivity index (χ0n) is 8.37. The fourth-order valence-electron chi connectivity index (χ4n) is 0.838. The van der Waals surface area contributed by atoms with Crippen LogP contribution in [0.5, 0.6) is 0 Å². The van der Waals surface area contributed by atoms with Crippen molar-refractivity contribution in [1.29, 1.82) is 0 Å². The molecule has 4 heteroatoms. The van der Waals surface area contributed by atoms with Gasteiger partial charge in [0.05, 0.1) is 6.61 Å². The summed E-state index contributed by atoms with van der Waals surface area (Å²) < 4.78 is 15.0. The molecule has 0 aliphatic carbocycles. The molecule has 0 aliphatic rings.